The minimum atomic E-state index is -0.942. The number of nitriles is 1. The molecule has 0 atom stereocenters. The Kier molecular flexibility index (Phi) is 5.90. The first kappa shape index (κ1) is 22.3. The topological polar surface area (TPSA) is 85.7 Å². The third-order valence-corrected chi connectivity index (χ3v) is 7.95. The second-order valence-electron chi connectivity index (χ2n) is 9.36. The van der Waals surface area contributed by atoms with Gasteiger partial charge in [0.05, 0.1) is 11.8 Å². The summed E-state index contributed by atoms with van der Waals surface area (Å²) in [4.78, 5) is 21.9. The van der Waals surface area contributed by atoms with E-state index in [1.807, 2.05) is 41.1 Å². The smallest absolute Gasteiger partial charge is 0.251 e. The molecule has 4 aromatic rings. The highest BCUT2D eigenvalue weighted by molar-refractivity contribution is 6.55. The molecule has 3 heterocycles. The Morgan fingerprint density at radius 3 is 2.59 bits per heavy atom. The van der Waals surface area contributed by atoms with Gasteiger partial charge in [0.2, 0.25) is 0 Å². The second kappa shape index (κ2) is 9.01. The Morgan fingerprint density at radius 2 is 1.88 bits per heavy atom. The Hall–Kier alpha value is -3.54. The minimum absolute atomic E-state index is 0.192. The van der Waals surface area contributed by atoms with Gasteiger partial charge in [-0.1, -0.05) is 37.4 Å². The fraction of sp³-hybridized carbons (Fsp3) is 0.308. The molecule has 34 heavy (non-hydrogen) atoms. The summed E-state index contributed by atoms with van der Waals surface area (Å²) >= 11 is 0. The molecule has 0 radical (unpaired) electrons. The summed E-state index contributed by atoms with van der Waals surface area (Å²) in [6, 6.07) is 16.9. The molecule has 0 fully saturated rings. The molecule has 1 aliphatic rings. The summed E-state index contributed by atoms with van der Waals surface area (Å²) in [5, 5.41) is 11.1. The summed E-state index contributed by atoms with van der Waals surface area (Å²) < 4.78 is 9.42. The molecule has 172 valence electrons. The molecule has 3 aromatic heterocycles. The van der Waals surface area contributed by atoms with Crippen molar-refractivity contribution in [2.75, 3.05) is 6.61 Å². The van der Waals surface area contributed by atoms with Crippen molar-refractivity contribution in [2.45, 2.75) is 44.2 Å². The third kappa shape index (κ3) is 3.98. The maximum Gasteiger partial charge on any atom is 0.251 e. The van der Waals surface area contributed by atoms with E-state index in [-0.39, 0.29) is 5.56 Å². The molecule has 0 bridgehead atoms. The van der Waals surface area contributed by atoms with Crippen molar-refractivity contribution in [3.63, 3.8) is 0 Å². The van der Waals surface area contributed by atoms with Crippen LogP contribution in [0.1, 0.15) is 11.1 Å². The molecule has 0 unspecified atom stereocenters. The fourth-order valence-corrected chi connectivity index (χ4v) is 5.32. The van der Waals surface area contributed by atoms with Gasteiger partial charge in [0, 0.05) is 57.7 Å². The first-order valence-electron chi connectivity index (χ1n) is 11.6. The van der Waals surface area contributed by atoms with Crippen LogP contribution in [0.3, 0.4) is 0 Å². The van der Waals surface area contributed by atoms with Crippen molar-refractivity contribution in [1.29, 1.82) is 5.26 Å². The fourth-order valence-electron chi connectivity index (χ4n) is 4.68. The quantitative estimate of drug-likeness (QED) is 0.304. The molecular formula is C26H27N5O2Si. The van der Waals surface area contributed by atoms with Crippen LogP contribution in [0.4, 0.5) is 0 Å². The maximum atomic E-state index is 12.9. The Balaban J connectivity index is 1.50. The second-order valence-corrected chi connectivity index (χ2v) is 12.7. The van der Waals surface area contributed by atoms with E-state index in [2.05, 4.69) is 29.1 Å². The lowest BCUT2D eigenvalue weighted by Gasteiger charge is -2.24. The monoisotopic (exact) mass is 469 g/mol. The van der Waals surface area contributed by atoms with Gasteiger partial charge in [-0.25, -0.2) is 9.97 Å². The normalized spacial score (nSPS) is 14.4. The van der Waals surface area contributed by atoms with Crippen molar-refractivity contribution in [1.82, 2.24) is 19.1 Å². The molecule has 0 saturated carbocycles. The summed E-state index contributed by atoms with van der Waals surface area (Å²) in [5.41, 5.74) is 3.39. The van der Waals surface area contributed by atoms with Crippen LogP contribution >= 0.6 is 0 Å². The van der Waals surface area contributed by atoms with Gasteiger partial charge in [0.1, 0.15) is 24.2 Å². The Morgan fingerprint density at radius 1 is 1.12 bits per heavy atom. The summed E-state index contributed by atoms with van der Waals surface area (Å²) in [6.07, 6.45) is 6.29. The van der Waals surface area contributed by atoms with E-state index in [1.54, 1.807) is 16.8 Å². The van der Waals surface area contributed by atoms with Gasteiger partial charge in [0.25, 0.3) is 5.56 Å². The Labute approximate surface area is 199 Å². The van der Waals surface area contributed by atoms with E-state index < -0.39 is 14.3 Å². The van der Waals surface area contributed by atoms with Crippen LogP contribution in [0, 0.1) is 11.3 Å². The van der Waals surface area contributed by atoms with E-state index in [4.69, 9.17) is 4.74 Å². The number of hydrogen-bond acceptors (Lipinski definition) is 5. The lowest BCUT2D eigenvalue weighted by atomic mass is 9.96. The van der Waals surface area contributed by atoms with Crippen LogP contribution in [0.15, 0.2) is 66.0 Å². The lowest BCUT2D eigenvalue weighted by molar-refractivity contribution is 0.0902. The molecule has 7 nitrogen and oxygen atoms in total. The van der Waals surface area contributed by atoms with Crippen molar-refractivity contribution < 1.29 is 4.74 Å². The van der Waals surface area contributed by atoms with E-state index in [1.165, 1.54) is 12.4 Å². The summed E-state index contributed by atoms with van der Waals surface area (Å²) in [5.74, 6) is 0. The predicted molar refractivity (Wildman–Crippen MR) is 134 cm³/mol. The number of nitrogens with zero attached hydrogens (tertiary/aromatic N) is 5. The van der Waals surface area contributed by atoms with Crippen LogP contribution in [0.25, 0.3) is 22.3 Å². The van der Waals surface area contributed by atoms with Crippen molar-refractivity contribution in [3.05, 3.63) is 82.7 Å². The average molecular weight is 470 g/mol. The average Bonchev–Trinajstić information content (AvgIpc) is 3.44. The largest absolute Gasteiger partial charge is 0.361 e. The number of pyridine rings is 1. The standard InChI is InChI=1S/C26H27N5O2Si/c1-34(2)12-11-33-18-30-10-9-22-24(28-17-29-25(22)30)21-7-8-23(32)31(15-21)26(16-27)13-19-5-3-4-6-20(19)14-26/h3-10,15,17,34H,11-14,18H2,1-2H3. The number of rotatable bonds is 7. The van der Waals surface area contributed by atoms with E-state index >= 15 is 0 Å². The molecule has 5 rings (SSSR count). The first-order chi connectivity index (χ1) is 16.5. The lowest BCUT2D eigenvalue weighted by Crippen LogP contribution is -2.40. The Bertz CT molecular complexity index is 1420. The molecule has 1 aliphatic carbocycles. The van der Waals surface area contributed by atoms with Gasteiger partial charge in [-0.2, -0.15) is 5.26 Å². The highest BCUT2D eigenvalue weighted by atomic mass is 28.3. The van der Waals surface area contributed by atoms with Crippen LogP contribution in [0.5, 0.6) is 0 Å². The summed E-state index contributed by atoms with van der Waals surface area (Å²) in [7, 11) is -0.637. The van der Waals surface area contributed by atoms with Gasteiger partial charge in [-0.15, -0.1) is 0 Å². The van der Waals surface area contributed by atoms with E-state index in [0.717, 1.165) is 46.1 Å². The summed E-state index contributed by atoms with van der Waals surface area (Å²) in [6.45, 7) is 5.82. The van der Waals surface area contributed by atoms with Crippen LogP contribution < -0.4 is 5.56 Å². The molecule has 8 heteroatoms. The number of hydrogen-bond donors (Lipinski definition) is 0. The predicted octanol–water partition coefficient (Wildman–Crippen LogP) is 3.74. The zero-order valence-corrected chi connectivity index (χ0v) is 20.6. The van der Waals surface area contributed by atoms with E-state index in [0.29, 0.717) is 19.6 Å². The highest BCUT2D eigenvalue weighted by Gasteiger charge is 2.40. The molecule has 0 amide bonds. The highest BCUT2D eigenvalue weighted by Crippen LogP contribution is 2.35. The number of aromatic nitrogens is 4. The SMILES string of the molecule is C[SiH](C)CCOCn1ccc2c(-c3ccc(=O)n(C4(C#N)Cc5ccccc5C4)c3)ncnc21. The van der Waals surface area contributed by atoms with Gasteiger partial charge in [-0.3, -0.25) is 9.36 Å². The van der Waals surface area contributed by atoms with Crippen molar-refractivity contribution in [2.24, 2.45) is 0 Å². The third-order valence-electron chi connectivity index (χ3n) is 6.56. The molecule has 0 aliphatic heterocycles. The minimum Gasteiger partial charge on any atom is -0.361 e. The van der Waals surface area contributed by atoms with Gasteiger partial charge in [-0.05, 0) is 29.3 Å². The van der Waals surface area contributed by atoms with Crippen molar-refractivity contribution in [3.8, 4) is 17.3 Å². The van der Waals surface area contributed by atoms with Crippen LogP contribution in [0.2, 0.25) is 19.1 Å². The van der Waals surface area contributed by atoms with E-state index in [9.17, 15) is 10.1 Å². The molecular weight excluding hydrogens is 442 g/mol. The molecule has 0 N–H and O–H groups in total. The number of benzene rings is 1. The first-order valence-corrected chi connectivity index (χ1v) is 14.7. The van der Waals surface area contributed by atoms with Crippen LogP contribution in [-0.4, -0.2) is 34.5 Å². The van der Waals surface area contributed by atoms with Gasteiger partial charge >= 0.3 is 0 Å². The van der Waals surface area contributed by atoms with Gasteiger partial charge in [0.15, 0.2) is 0 Å². The van der Waals surface area contributed by atoms with Crippen molar-refractivity contribution >= 4 is 19.8 Å². The zero-order valence-electron chi connectivity index (χ0n) is 19.4. The molecule has 1 aromatic carbocycles. The number of ether oxygens (including phenoxy) is 1. The van der Waals surface area contributed by atoms with Gasteiger partial charge < -0.3 is 9.30 Å². The zero-order chi connectivity index (χ0) is 23.7. The van der Waals surface area contributed by atoms with Crippen LogP contribution in [-0.2, 0) is 29.8 Å². The maximum absolute atomic E-state index is 12.9. The number of fused-ring (bicyclic) bond motifs is 2. The molecule has 0 saturated heterocycles. The molecule has 0 spiro atoms.